The van der Waals surface area contributed by atoms with Crippen LogP contribution < -0.4 is 5.73 Å². The van der Waals surface area contributed by atoms with E-state index in [1.807, 2.05) is 25.1 Å². The second-order valence-corrected chi connectivity index (χ2v) is 4.95. The van der Waals surface area contributed by atoms with Gasteiger partial charge < -0.3 is 10.7 Å². The SMILES string of the molecule is Cc1ccc(Br)cc1-c1nc(N)[nH]c1Br. The van der Waals surface area contributed by atoms with Gasteiger partial charge in [0.05, 0.1) is 0 Å². The number of benzene rings is 1. The fraction of sp³-hybridized carbons (Fsp3) is 0.100. The van der Waals surface area contributed by atoms with Crippen LogP contribution in [0.1, 0.15) is 5.56 Å². The molecule has 0 radical (unpaired) electrons. The van der Waals surface area contributed by atoms with E-state index < -0.39 is 0 Å². The number of halogens is 2. The molecule has 3 nitrogen and oxygen atoms in total. The number of hydrogen-bond donors (Lipinski definition) is 2. The van der Waals surface area contributed by atoms with Gasteiger partial charge in [0.2, 0.25) is 0 Å². The van der Waals surface area contributed by atoms with Crippen LogP contribution in [0.25, 0.3) is 11.3 Å². The molecule has 0 aliphatic rings. The summed E-state index contributed by atoms with van der Waals surface area (Å²) in [5, 5.41) is 0. The van der Waals surface area contributed by atoms with Crippen molar-refractivity contribution < 1.29 is 0 Å². The Bertz CT molecular complexity index is 505. The molecule has 5 heteroatoms. The van der Waals surface area contributed by atoms with E-state index in [0.29, 0.717) is 5.95 Å². The zero-order valence-corrected chi connectivity index (χ0v) is 11.2. The number of aromatic nitrogens is 2. The molecule has 2 rings (SSSR count). The van der Waals surface area contributed by atoms with Crippen molar-refractivity contribution in [3.8, 4) is 11.3 Å². The fourth-order valence-electron chi connectivity index (χ4n) is 1.40. The molecule has 0 bridgehead atoms. The maximum Gasteiger partial charge on any atom is 0.198 e. The lowest BCUT2D eigenvalue weighted by Gasteiger charge is -2.03. The van der Waals surface area contributed by atoms with E-state index in [9.17, 15) is 0 Å². The van der Waals surface area contributed by atoms with Crippen LogP contribution >= 0.6 is 31.9 Å². The number of nitrogen functional groups attached to an aromatic ring is 1. The van der Waals surface area contributed by atoms with Crippen molar-refractivity contribution in [2.24, 2.45) is 0 Å². The summed E-state index contributed by atoms with van der Waals surface area (Å²) in [6.45, 7) is 2.04. The molecule has 3 N–H and O–H groups in total. The molecule has 1 heterocycles. The zero-order chi connectivity index (χ0) is 11.0. The second-order valence-electron chi connectivity index (χ2n) is 3.24. The van der Waals surface area contributed by atoms with E-state index in [0.717, 1.165) is 25.9 Å². The molecule has 0 saturated carbocycles. The number of aromatic amines is 1. The molecule has 1 aromatic heterocycles. The molecule has 0 aliphatic heterocycles. The third-order valence-corrected chi connectivity index (χ3v) is 3.20. The summed E-state index contributed by atoms with van der Waals surface area (Å²) in [6.07, 6.45) is 0. The highest BCUT2D eigenvalue weighted by Gasteiger charge is 2.11. The lowest BCUT2D eigenvalue weighted by atomic mass is 10.1. The maximum atomic E-state index is 5.60. The monoisotopic (exact) mass is 329 g/mol. The molecular weight excluding hydrogens is 322 g/mol. The average Bonchev–Trinajstić information content (AvgIpc) is 2.50. The zero-order valence-electron chi connectivity index (χ0n) is 8.01. The number of H-pyrrole nitrogens is 1. The normalized spacial score (nSPS) is 10.6. The summed E-state index contributed by atoms with van der Waals surface area (Å²) >= 11 is 6.84. The van der Waals surface area contributed by atoms with Crippen LogP contribution in [-0.4, -0.2) is 9.97 Å². The highest BCUT2D eigenvalue weighted by atomic mass is 79.9. The Kier molecular flexibility index (Phi) is 2.84. The van der Waals surface area contributed by atoms with Gasteiger partial charge in [0.15, 0.2) is 5.95 Å². The van der Waals surface area contributed by atoms with Crippen LogP contribution in [-0.2, 0) is 0 Å². The van der Waals surface area contributed by atoms with Crippen LogP contribution in [0, 0.1) is 6.92 Å². The van der Waals surface area contributed by atoms with Crippen molar-refractivity contribution in [3.05, 3.63) is 32.8 Å². The number of nitrogens with one attached hydrogen (secondary N) is 1. The van der Waals surface area contributed by atoms with Crippen LogP contribution in [0.3, 0.4) is 0 Å². The van der Waals surface area contributed by atoms with Crippen LogP contribution in [0.5, 0.6) is 0 Å². The first kappa shape index (κ1) is 10.7. The predicted octanol–water partition coefficient (Wildman–Crippen LogP) is 3.49. The second kappa shape index (κ2) is 3.98. The summed E-state index contributed by atoms with van der Waals surface area (Å²) < 4.78 is 1.83. The minimum Gasteiger partial charge on any atom is -0.369 e. The van der Waals surface area contributed by atoms with Gasteiger partial charge in [-0.3, -0.25) is 0 Å². The molecule has 0 amide bonds. The average molecular weight is 331 g/mol. The molecule has 0 atom stereocenters. The van der Waals surface area contributed by atoms with E-state index in [1.54, 1.807) is 0 Å². The molecule has 15 heavy (non-hydrogen) atoms. The maximum absolute atomic E-state index is 5.60. The minimum absolute atomic E-state index is 0.413. The number of aryl methyl sites for hydroxylation is 1. The van der Waals surface area contributed by atoms with Gasteiger partial charge >= 0.3 is 0 Å². The van der Waals surface area contributed by atoms with Gasteiger partial charge in [-0.2, -0.15) is 0 Å². The van der Waals surface area contributed by atoms with Gasteiger partial charge in [0.1, 0.15) is 10.3 Å². The predicted molar refractivity (Wildman–Crippen MR) is 68.6 cm³/mol. The third-order valence-electron chi connectivity index (χ3n) is 2.13. The number of imidazole rings is 1. The summed E-state index contributed by atoms with van der Waals surface area (Å²) in [5.74, 6) is 0.413. The van der Waals surface area contributed by atoms with Gasteiger partial charge in [0.25, 0.3) is 0 Å². The molecule has 0 spiro atoms. The van der Waals surface area contributed by atoms with Crippen LogP contribution in [0.2, 0.25) is 0 Å². The highest BCUT2D eigenvalue weighted by Crippen LogP contribution is 2.31. The topological polar surface area (TPSA) is 54.7 Å². The largest absolute Gasteiger partial charge is 0.369 e. The van der Waals surface area contributed by atoms with E-state index in [-0.39, 0.29) is 0 Å². The Morgan fingerprint density at radius 2 is 2.07 bits per heavy atom. The van der Waals surface area contributed by atoms with Crippen molar-refractivity contribution in [1.29, 1.82) is 0 Å². The minimum atomic E-state index is 0.413. The molecule has 1 aromatic carbocycles. The molecule has 0 aliphatic carbocycles. The third kappa shape index (κ3) is 2.08. The number of anilines is 1. The Morgan fingerprint density at radius 1 is 1.33 bits per heavy atom. The molecule has 0 fully saturated rings. The number of hydrogen-bond acceptors (Lipinski definition) is 2. The first-order chi connectivity index (χ1) is 7.08. The lowest BCUT2D eigenvalue weighted by Crippen LogP contribution is -1.87. The Hall–Kier alpha value is -0.810. The summed E-state index contributed by atoms with van der Waals surface area (Å²) in [4.78, 5) is 7.16. The highest BCUT2D eigenvalue weighted by molar-refractivity contribution is 9.10. The summed E-state index contributed by atoms with van der Waals surface area (Å²) in [7, 11) is 0. The quantitative estimate of drug-likeness (QED) is 0.840. The van der Waals surface area contributed by atoms with Crippen LogP contribution in [0.15, 0.2) is 27.3 Å². The van der Waals surface area contributed by atoms with Crippen molar-refractivity contribution in [3.63, 3.8) is 0 Å². The van der Waals surface area contributed by atoms with Crippen molar-refractivity contribution in [2.75, 3.05) is 5.73 Å². The van der Waals surface area contributed by atoms with Crippen molar-refractivity contribution in [1.82, 2.24) is 9.97 Å². The summed E-state index contributed by atoms with van der Waals surface area (Å²) in [5.41, 5.74) is 8.65. The smallest absolute Gasteiger partial charge is 0.198 e. The molecule has 78 valence electrons. The number of rotatable bonds is 1. The Labute approximate surface area is 104 Å². The standard InChI is InChI=1S/C10H9Br2N3/c1-5-2-3-6(11)4-7(5)8-9(12)15-10(13)14-8/h2-4H,1H3,(H3,13,14,15). The van der Waals surface area contributed by atoms with E-state index in [4.69, 9.17) is 5.73 Å². The van der Waals surface area contributed by atoms with E-state index >= 15 is 0 Å². The molecule has 2 aromatic rings. The fourth-order valence-corrected chi connectivity index (χ4v) is 2.26. The van der Waals surface area contributed by atoms with Gasteiger partial charge in [-0.15, -0.1) is 0 Å². The van der Waals surface area contributed by atoms with Crippen molar-refractivity contribution >= 4 is 37.8 Å². The van der Waals surface area contributed by atoms with Crippen molar-refractivity contribution in [2.45, 2.75) is 6.92 Å². The van der Waals surface area contributed by atoms with Gasteiger partial charge in [-0.05, 0) is 40.5 Å². The van der Waals surface area contributed by atoms with Gasteiger partial charge in [0, 0.05) is 10.0 Å². The number of nitrogens with zero attached hydrogens (tertiary/aromatic N) is 1. The van der Waals surface area contributed by atoms with E-state index in [1.165, 1.54) is 0 Å². The Balaban J connectivity index is 2.62. The first-order valence-electron chi connectivity index (χ1n) is 4.35. The Morgan fingerprint density at radius 3 is 2.67 bits per heavy atom. The molecule has 0 saturated heterocycles. The molecular formula is C10H9Br2N3. The summed E-state index contributed by atoms with van der Waals surface area (Å²) in [6, 6.07) is 6.06. The lowest BCUT2D eigenvalue weighted by molar-refractivity contribution is 1.31. The van der Waals surface area contributed by atoms with Crippen LogP contribution in [0.4, 0.5) is 5.95 Å². The first-order valence-corrected chi connectivity index (χ1v) is 5.94. The van der Waals surface area contributed by atoms with Gasteiger partial charge in [-0.1, -0.05) is 22.0 Å². The van der Waals surface area contributed by atoms with E-state index in [2.05, 4.69) is 41.8 Å². The number of nitrogens with two attached hydrogens (primary N) is 1. The van der Waals surface area contributed by atoms with Gasteiger partial charge in [-0.25, -0.2) is 4.98 Å². The molecule has 0 unspecified atom stereocenters.